The molecule has 1 amide bonds. The molecule has 0 unspecified atom stereocenters. The van der Waals surface area contributed by atoms with Gasteiger partial charge in [-0.3, -0.25) is 4.79 Å². The Hall–Kier alpha value is -4.14. The van der Waals surface area contributed by atoms with E-state index in [0.29, 0.717) is 45.5 Å². The van der Waals surface area contributed by atoms with Crippen LogP contribution in [0.25, 0.3) is 22.3 Å². The van der Waals surface area contributed by atoms with Crippen molar-refractivity contribution in [2.75, 3.05) is 78.2 Å². The van der Waals surface area contributed by atoms with Gasteiger partial charge in [-0.05, 0) is 68.6 Å². The number of hydrogen-bond donors (Lipinski definition) is 2. The highest BCUT2D eigenvalue weighted by Gasteiger charge is 2.26. The van der Waals surface area contributed by atoms with E-state index in [0.717, 1.165) is 85.7 Å². The van der Waals surface area contributed by atoms with E-state index in [1.54, 1.807) is 0 Å². The van der Waals surface area contributed by atoms with Crippen LogP contribution in [-0.2, 0) is 23.7 Å². The van der Waals surface area contributed by atoms with Gasteiger partial charge in [-0.2, -0.15) is 5.10 Å². The minimum absolute atomic E-state index is 0.0865. The smallest absolute Gasteiger partial charge is 0.243 e. The van der Waals surface area contributed by atoms with Gasteiger partial charge in [0.2, 0.25) is 5.91 Å². The first-order valence-corrected chi connectivity index (χ1v) is 16.2. The highest BCUT2D eigenvalue weighted by molar-refractivity contribution is 5.98. The van der Waals surface area contributed by atoms with Crippen LogP contribution in [0.3, 0.4) is 0 Å². The van der Waals surface area contributed by atoms with Crippen LogP contribution in [0.2, 0.25) is 0 Å². The normalized spacial score (nSPS) is 14.1. The Morgan fingerprint density at radius 1 is 0.787 bits per heavy atom. The van der Waals surface area contributed by atoms with Crippen molar-refractivity contribution in [1.29, 1.82) is 0 Å². The first-order valence-electron chi connectivity index (χ1n) is 16.2. The molecule has 4 N–H and O–H groups in total. The Kier molecular flexibility index (Phi) is 13.3. The molecule has 1 fully saturated rings. The zero-order valence-electron chi connectivity index (χ0n) is 26.8. The second-order valence-corrected chi connectivity index (χ2v) is 11.3. The van der Waals surface area contributed by atoms with Crippen molar-refractivity contribution in [1.82, 2.24) is 24.6 Å². The maximum Gasteiger partial charge on any atom is 0.243 e. The topological polar surface area (TPSA) is 162 Å². The number of amides is 1. The third-order valence-electron chi connectivity index (χ3n) is 7.90. The highest BCUT2D eigenvalue weighted by atomic mass is 16.6. The summed E-state index contributed by atoms with van der Waals surface area (Å²) < 4.78 is 29.6. The molecule has 47 heavy (non-hydrogen) atoms. The van der Waals surface area contributed by atoms with Crippen LogP contribution >= 0.6 is 0 Å². The zero-order valence-corrected chi connectivity index (χ0v) is 26.8. The van der Waals surface area contributed by atoms with Crippen molar-refractivity contribution in [3.63, 3.8) is 0 Å². The van der Waals surface area contributed by atoms with Gasteiger partial charge in [0.05, 0.1) is 51.1 Å². The van der Waals surface area contributed by atoms with E-state index < -0.39 is 5.91 Å². The molecule has 0 atom stereocenters. The van der Waals surface area contributed by atoms with Gasteiger partial charge in [-0.25, -0.2) is 14.6 Å². The molecule has 0 radical (unpaired) electrons. The predicted octanol–water partition coefficient (Wildman–Crippen LogP) is 3.84. The number of unbranched alkanes of at least 4 members (excludes halogenated alkanes) is 1. The van der Waals surface area contributed by atoms with E-state index >= 15 is 0 Å². The first-order chi connectivity index (χ1) is 23.1. The number of hydrogen-bond acceptors (Lipinski definition) is 11. The molecular weight excluding hydrogens is 602 g/mol. The molecule has 13 heteroatoms. The number of rotatable bonds is 20. The van der Waals surface area contributed by atoms with Gasteiger partial charge < -0.3 is 40.1 Å². The minimum atomic E-state index is -0.486. The number of nitrogens with two attached hydrogens (primary N) is 2. The van der Waals surface area contributed by atoms with E-state index in [2.05, 4.69) is 19.5 Å². The van der Waals surface area contributed by atoms with E-state index in [-0.39, 0.29) is 12.6 Å². The lowest BCUT2D eigenvalue weighted by Crippen LogP contribution is -2.35. The summed E-state index contributed by atoms with van der Waals surface area (Å²) in [7, 11) is 0. The van der Waals surface area contributed by atoms with E-state index in [9.17, 15) is 4.79 Å². The Balaban J connectivity index is 1.00. The summed E-state index contributed by atoms with van der Waals surface area (Å²) in [5.74, 6) is 1.49. The average Bonchev–Trinajstić information content (AvgIpc) is 3.48. The van der Waals surface area contributed by atoms with Gasteiger partial charge in [-0.1, -0.05) is 18.2 Å². The Labute approximate surface area is 275 Å². The van der Waals surface area contributed by atoms with Gasteiger partial charge in [0.25, 0.3) is 0 Å². The maximum atomic E-state index is 10.6. The van der Waals surface area contributed by atoms with Crippen LogP contribution in [0.4, 0.5) is 5.82 Å². The predicted molar refractivity (Wildman–Crippen MR) is 178 cm³/mol. The summed E-state index contributed by atoms with van der Waals surface area (Å²) in [5, 5.41) is 5.84. The first kappa shape index (κ1) is 34.2. The van der Waals surface area contributed by atoms with Crippen molar-refractivity contribution in [3.05, 3.63) is 60.9 Å². The van der Waals surface area contributed by atoms with Crippen LogP contribution < -0.4 is 16.2 Å². The number of para-hydroxylation sites is 1. The van der Waals surface area contributed by atoms with Crippen LogP contribution in [0.1, 0.15) is 31.7 Å². The number of anilines is 1. The van der Waals surface area contributed by atoms with Crippen molar-refractivity contribution < 1.29 is 28.5 Å². The second-order valence-electron chi connectivity index (χ2n) is 11.3. The summed E-state index contributed by atoms with van der Waals surface area (Å²) in [5.41, 5.74) is 13.9. The van der Waals surface area contributed by atoms with Crippen LogP contribution in [0.5, 0.6) is 11.5 Å². The largest absolute Gasteiger partial charge is 0.457 e. The SMILES string of the molecule is NC(=O)COCCOCCOCCOCCCCN1CCC(n2nc(-c3ccc(Oc4ccccc4)cc3)c3c(N)ncnc32)CC1. The molecule has 3 heterocycles. The number of likely N-dealkylation sites (tertiary alicyclic amines) is 1. The van der Waals surface area contributed by atoms with E-state index in [4.69, 9.17) is 40.3 Å². The molecule has 252 valence electrons. The molecule has 13 nitrogen and oxygen atoms in total. The lowest BCUT2D eigenvalue weighted by molar-refractivity contribution is -0.123. The number of carbonyl (C=O) groups is 1. The third-order valence-corrected chi connectivity index (χ3v) is 7.90. The molecule has 0 bridgehead atoms. The molecule has 0 aliphatic carbocycles. The monoisotopic (exact) mass is 647 g/mol. The molecular formula is C34H45N7O6. The number of nitrogen functional groups attached to an aromatic ring is 1. The molecule has 2 aromatic heterocycles. The van der Waals surface area contributed by atoms with Crippen molar-refractivity contribution in [2.45, 2.75) is 31.7 Å². The lowest BCUT2D eigenvalue weighted by Gasteiger charge is -2.32. The molecule has 0 spiro atoms. The fourth-order valence-corrected chi connectivity index (χ4v) is 5.52. The van der Waals surface area contributed by atoms with Crippen LogP contribution in [0, 0.1) is 0 Å². The number of benzene rings is 2. The lowest BCUT2D eigenvalue weighted by atomic mass is 10.0. The van der Waals surface area contributed by atoms with Gasteiger partial charge in [-0.15, -0.1) is 0 Å². The number of ether oxygens (including phenoxy) is 5. The standard InChI is InChI=1S/C34H45N7O6/c35-30(42)24-46-23-22-45-21-20-44-19-18-43-17-5-4-14-40-15-12-27(13-16-40)41-34-31(33(36)37-25-38-34)32(39-41)26-8-10-29(11-9-26)47-28-6-2-1-3-7-28/h1-3,6-11,25,27H,4-5,12-24H2,(H2,35,42)(H2,36,37,38). The molecule has 2 aromatic carbocycles. The number of piperidine rings is 1. The number of carbonyl (C=O) groups excluding carboxylic acids is 1. The summed E-state index contributed by atoms with van der Waals surface area (Å²) in [6.07, 6.45) is 5.58. The fraction of sp³-hybridized carbons (Fsp3) is 0.471. The van der Waals surface area contributed by atoms with E-state index in [1.807, 2.05) is 54.6 Å². The highest BCUT2D eigenvalue weighted by Crippen LogP contribution is 2.35. The maximum absolute atomic E-state index is 10.6. The molecule has 5 rings (SSSR count). The third kappa shape index (κ3) is 10.4. The Morgan fingerprint density at radius 2 is 1.43 bits per heavy atom. The minimum Gasteiger partial charge on any atom is -0.457 e. The van der Waals surface area contributed by atoms with Crippen LogP contribution in [-0.4, -0.2) is 103 Å². The Morgan fingerprint density at radius 3 is 2.11 bits per heavy atom. The summed E-state index contributed by atoms with van der Waals surface area (Å²) in [6, 6.07) is 17.8. The summed E-state index contributed by atoms with van der Waals surface area (Å²) >= 11 is 0. The molecule has 4 aromatic rings. The van der Waals surface area contributed by atoms with Gasteiger partial charge in [0.15, 0.2) is 5.65 Å². The zero-order chi connectivity index (χ0) is 32.7. The molecule has 0 saturated carbocycles. The number of primary amides is 1. The van der Waals surface area contributed by atoms with E-state index in [1.165, 1.54) is 6.33 Å². The molecule has 1 aliphatic rings. The number of nitrogens with zero attached hydrogens (tertiary/aromatic N) is 5. The second kappa shape index (κ2) is 18.3. The Bertz CT molecular complexity index is 1510. The fourth-order valence-electron chi connectivity index (χ4n) is 5.52. The molecule has 1 saturated heterocycles. The average molecular weight is 648 g/mol. The number of aromatic nitrogens is 4. The van der Waals surface area contributed by atoms with Gasteiger partial charge in [0, 0.05) is 25.3 Å². The molecule has 1 aliphatic heterocycles. The van der Waals surface area contributed by atoms with Crippen molar-refractivity contribution in [2.24, 2.45) is 5.73 Å². The van der Waals surface area contributed by atoms with Crippen LogP contribution in [0.15, 0.2) is 60.9 Å². The van der Waals surface area contributed by atoms with Crippen molar-refractivity contribution >= 4 is 22.8 Å². The van der Waals surface area contributed by atoms with Gasteiger partial charge in [0.1, 0.15) is 35.9 Å². The number of fused-ring (bicyclic) bond motifs is 1. The quantitative estimate of drug-likeness (QED) is 0.134. The summed E-state index contributed by atoms with van der Waals surface area (Å²) in [6.45, 7) is 6.46. The van der Waals surface area contributed by atoms with Crippen molar-refractivity contribution in [3.8, 4) is 22.8 Å². The summed E-state index contributed by atoms with van der Waals surface area (Å²) in [4.78, 5) is 22.0. The van der Waals surface area contributed by atoms with Gasteiger partial charge >= 0.3 is 0 Å².